The molecule has 5 heteroatoms. The van der Waals surface area contributed by atoms with Crippen LogP contribution >= 0.6 is 0 Å². The number of ether oxygens (including phenoxy) is 4. The van der Waals surface area contributed by atoms with E-state index in [0.29, 0.717) is 0 Å². The summed E-state index contributed by atoms with van der Waals surface area (Å²) in [6, 6.07) is 0. The molecule has 5 nitrogen and oxygen atoms in total. The van der Waals surface area contributed by atoms with Crippen LogP contribution in [0.15, 0.2) is 0 Å². The number of carbonyl (C=O) groups is 1. The number of hydrogen-bond donors (Lipinski definition) is 0. The predicted octanol–water partition coefficient (Wildman–Crippen LogP) is 2.81. The van der Waals surface area contributed by atoms with Crippen LogP contribution in [0.1, 0.15) is 60.3 Å². The van der Waals surface area contributed by atoms with E-state index in [0.717, 1.165) is 32.0 Å². The lowest BCUT2D eigenvalue weighted by Gasteiger charge is -2.24. The highest BCUT2D eigenvalue weighted by Crippen LogP contribution is 2.39. The molecule has 0 saturated carbocycles. The Morgan fingerprint density at radius 2 is 1.52 bits per heavy atom. The monoisotopic (exact) mass is 300 g/mol. The van der Waals surface area contributed by atoms with E-state index in [-0.39, 0.29) is 12.2 Å². The second-order valence-electron chi connectivity index (χ2n) is 6.84. The van der Waals surface area contributed by atoms with Gasteiger partial charge in [0, 0.05) is 0 Å². The summed E-state index contributed by atoms with van der Waals surface area (Å²) in [5, 5.41) is 0. The number of carbonyl (C=O) groups excluding carboxylic acids is 1. The smallest absolute Gasteiger partial charge is 0.164 e. The van der Waals surface area contributed by atoms with Crippen LogP contribution in [-0.2, 0) is 23.7 Å². The molecule has 122 valence electrons. The Labute approximate surface area is 127 Å². The van der Waals surface area contributed by atoms with Crippen LogP contribution in [0.4, 0.5) is 0 Å². The summed E-state index contributed by atoms with van der Waals surface area (Å²) in [5.41, 5.74) is 0. The molecule has 2 heterocycles. The van der Waals surface area contributed by atoms with Crippen LogP contribution in [0, 0.1) is 0 Å². The number of hydrogen-bond acceptors (Lipinski definition) is 5. The van der Waals surface area contributed by atoms with Gasteiger partial charge in [-0.1, -0.05) is 26.2 Å². The Balaban J connectivity index is 2.09. The van der Waals surface area contributed by atoms with Crippen LogP contribution in [-0.4, -0.2) is 42.3 Å². The molecule has 2 saturated heterocycles. The van der Waals surface area contributed by atoms with Gasteiger partial charge >= 0.3 is 0 Å². The van der Waals surface area contributed by atoms with Crippen molar-refractivity contribution in [3.05, 3.63) is 0 Å². The first-order valence-electron chi connectivity index (χ1n) is 7.94. The highest BCUT2D eigenvalue weighted by atomic mass is 16.8. The van der Waals surface area contributed by atoms with Crippen molar-refractivity contribution in [1.82, 2.24) is 0 Å². The van der Waals surface area contributed by atoms with E-state index < -0.39 is 23.8 Å². The van der Waals surface area contributed by atoms with Crippen molar-refractivity contribution >= 4 is 6.29 Å². The standard InChI is InChI=1S/C16H28O5/c1-6-7-8-9-11-13(20-15(2,3)18-11)14-12(10-17)19-16(4,5)21-14/h10-14H,6-9H2,1-5H3/t11-,12+,13+,14-/m0/s1. The van der Waals surface area contributed by atoms with Crippen molar-refractivity contribution in [1.29, 1.82) is 0 Å². The first-order valence-corrected chi connectivity index (χ1v) is 7.94. The zero-order valence-electron chi connectivity index (χ0n) is 13.8. The third-order valence-electron chi connectivity index (χ3n) is 3.94. The minimum absolute atomic E-state index is 0.0588. The fraction of sp³-hybridized carbons (Fsp3) is 0.938. The largest absolute Gasteiger partial charge is 0.344 e. The van der Waals surface area contributed by atoms with Gasteiger partial charge in [0.1, 0.15) is 18.3 Å². The van der Waals surface area contributed by atoms with E-state index in [2.05, 4.69) is 6.92 Å². The molecule has 2 aliphatic heterocycles. The summed E-state index contributed by atoms with van der Waals surface area (Å²) in [4.78, 5) is 11.3. The molecule has 0 N–H and O–H groups in total. The lowest BCUT2D eigenvalue weighted by Crippen LogP contribution is -2.42. The van der Waals surface area contributed by atoms with Gasteiger partial charge in [-0.2, -0.15) is 0 Å². The van der Waals surface area contributed by atoms with Crippen LogP contribution in [0.25, 0.3) is 0 Å². The van der Waals surface area contributed by atoms with Crippen LogP contribution < -0.4 is 0 Å². The minimum Gasteiger partial charge on any atom is -0.344 e. The molecular weight excluding hydrogens is 272 g/mol. The molecule has 2 fully saturated rings. The Hall–Kier alpha value is -0.490. The summed E-state index contributed by atoms with van der Waals surface area (Å²) < 4.78 is 23.6. The summed E-state index contributed by atoms with van der Waals surface area (Å²) in [5.74, 6) is -1.41. The van der Waals surface area contributed by atoms with Crippen LogP contribution in [0.2, 0.25) is 0 Å². The molecule has 0 amide bonds. The van der Waals surface area contributed by atoms with Crippen molar-refractivity contribution in [2.24, 2.45) is 0 Å². The van der Waals surface area contributed by atoms with Crippen LogP contribution in [0.3, 0.4) is 0 Å². The van der Waals surface area contributed by atoms with Crippen molar-refractivity contribution in [3.8, 4) is 0 Å². The molecule has 2 rings (SSSR count). The fourth-order valence-corrected chi connectivity index (χ4v) is 3.14. The van der Waals surface area contributed by atoms with Gasteiger partial charge < -0.3 is 23.7 Å². The Morgan fingerprint density at radius 3 is 2.14 bits per heavy atom. The van der Waals surface area contributed by atoms with E-state index in [4.69, 9.17) is 18.9 Å². The van der Waals surface area contributed by atoms with Gasteiger partial charge in [0.25, 0.3) is 0 Å². The summed E-state index contributed by atoms with van der Waals surface area (Å²) in [6.45, 7) is 9.60. The maximum Gasteiger partial charge on any atom is 0.164 e. The first-order chi connectivity index (χ1) is 9.78. The van der Waals surface area contributed by atoms with Gasteiger partial charge in [-0.05, 0) is 34.1 Å². The second-order valence-corrected chi connectivity index (χ2v) is 6.84. The predicted molar refractivity (Wildman–Crippen MR) is 77.9 cm³/mol. The number of aldehydes is 1. The second kappa shape index (κ2) is 6.32. The third-order valence-corrected chi connectivity index (χ3v) is 3.94. The first kappa shape index (κ1) is 16.9. The van der Waals surface area contributed by atoms with Crippen molar-refractivity contribution in [3.63, 3.8) is 0 Å². The molecule has 21 heavy (non-hydrogen) atoms. The van der Waals surface area contributed by atoms with Gasteiger partial charge in [0.05, 0.1) is 6.10 Å². The molecule has 0 unspecified atom stereocenters. The molecule has 0 bridgehead atoms. The molecule has 0 spiro atoms. The fourth-order valence-electron chi connectivity index (χ4n) is 3.14. The maximum absolute atomic E-state index is 11.3. The maximum atomic E-state index is 11.3. The van der Waals surface area contributed by atoms with E-state index in [1.165, 1.54) is 0 Å². The molecule has 0 aromatic carbocycles. The molecule has 4 atom stereocenters. The third kappa shape index (κ3) is 4.03. The van der Waals surface area contributed by atoms with Gasteiger partial charge in [-0.15, -0.1) is 0 Å². The molecule has 0 radical (unpaired) electrons. The molecule has 0 aliphatic carbocycles. The quantitative estimate of drug-likeness (QED) is 0.557. The zero-order valence-corrected chi connectivity index (χ0v) is 13.8. The topological polar surface area (TPSA) is 54.0 Å². The van der Waals surface area contributed by atoms with Gasteiger partial charge in [-0.25, -0.2) is 0 Å². The number of unbranched alkanes of at least 4 members (excludes halogenated alkanes) is 2. The zero-order chi connectivity index (χ0) is 15.7. The highest BCUT2D eigenvalue weighted by Gasteiger charge is 2.53. The normalized spacial score (nSPS) is 37.8. The number of rotatable bonds is 6. The molecule has 0 aromatic heterocycles. The van der Waals surface area contributed by atoms with Crippen molar-refractivity contribution < 1.29 is 23.7 Å². The minimum atomic E-state index is -0.764. The molecule has 0 aromatic rings. The molecular formula is C16H28O5. The van der Waals surface area contributed by atoms with Gasteiger partial charge in [-0.3, -0.25) is 0 Å². The van der Waals surface area contributed by atoms with Crippen molar-refractivity contribution in [2.45, 2.75) is 96.3 Å². The van der Waals surface area contributed by atoms with Gasteiger partial charge in [0.15, 0.2) is 17.9 Å². The Bertz CT molecular complexity index is 366. The van der Waals surface area contributed by atoms with Crippen LogP contribution in [0.5, 0.6) is 0 Å². The van der Waals surface area contributed by atoms with E-state index in [9.17, 15) is 4.79 Å². The highest BCUT2D eigenvalue weighted by molar-refractivity contribution is 5.58. The average Bonchev–Trinajstić information content (AvgIpc) is 2.85. The van der Waals surface area contributed by atoms with E-state index >= 15 is 0 Å². The summed E-state index contributed by atoms with van der Waals surface area (Å²) in [7, 11) is 0. The summed E-state index contributed by atoms with van der Waals surface area (Å²) >= 11 is 0. The summed E-state index contributed by atoms with van der Waals surface area (Å²) in [6.07, 6.45) is 3.78. The lowest BCUT2D eigenvalue weighted by molar-refractivity contribution is -0.175. The lowest BCUT2D eigenvalue weighted by atomic mass is 9.99. The van der Waals surface area contributed by atoms with E-state index in [1.807, 2.05) is 27.7 Å². The van der Waals surface area contributed by atoms with Gasteiger partial charge in [0.2, 0.25) is 0 Å². The molecule has 2 aliphatic rings. The van der Waals surface area contributed by atoms with Crippen molar-refractivity contribution in [2.75, 3.05) is 0 Å². The van der Waals surface area contributed by atoms with E-state index in [1.54, 1.807) is 0 Å². The average molecular weight is 300 g/mol. The SMILES string of the molecule is CCCCC[C@@H]1OC(C)(C)O[C@H]1[C@H]1OC(C)(C)O[C@@H]1C=O. The Kier molecular flexibility index (Phi) is 5.08. The Morgan fingerprint density at radius 1 is 0.905 bits per heavy atom.